The van der Waals surface area contributed by atoms with Gasteiger partial charge in [-0.15, -0.1) is 6.42 Å². The fraction of sp³-hybridized carbons (Fsp3) is 0.100. The topological polar surface area (TPSA) is 43.1 Å². The molecule has 2 N–H and O–H groups in total. The molecule has 1 aromatic carbocycles. The molecule has 66 valence electrons. The van der Waals surface area contributed by atoms with Gasteiger partial charge in [-0.3, -0.25) is 4.79 Å². The highest BCUT2D eigenvalue weighted by molar-refractivity contribution is 9.10. The quantitative estimate of drug-likeness (QED) is 0.487. The van der Waals surface area contributed by atoms with Crippen molar-refractivity contribution in [1.29, 1.82) is 0 Å². The molecule has 0 amide bonds. The number of rotatable bonds is 2. The van der Waals surface area contributed by atoms with E-state index in [1.54, 1.807) is 18.2 Å². The molecule has 1 aromatic rings. The molecule has 2 nitrogen and oxygen atoms in total. The number of benzene rings is 1. The van der Waals surface area contributed by atoms with Crippen molar-refractivity contribution in [2.75, 3.05) is 5.73 Å². The number of nitrogen functional groups attached to an aromatic ring is 1. The first-order chi connectivity index (χ1) is 6.15. The predicted molar refractivity (Wildman–Crippen MR) is 56.3 cm³/mol. The lowest BCUT2D eigenvalue weighted by atomic mass is 10.1. The summed E-state index contributed by atoms with van der Waals surface area (Å²) in [6.45, 7) is 0. The molecule has 0 aromatic heterocycles. The van der Waals surface area contributed by atoms with Gasteiger partial charge in [-0.25, -0.2) is 0 Å². The zero-order valence-corrected chi connectivity index (χ0v) is 8.47. The van der Waals surface area contributed by atoms with Crippen LogP contribution >= 0.6 is 15.9 Å². The number of ketones is 1. The average molecular weight is 238 g/mol. The van der Waals surface area contributed by atoms with E-state index in [1.807, 2.05) is 0 Å². The maximum Gasteiger partial charge on any atom is 0.176 e. The summed E-state index contributed by atoms with van der Waals surface area (Å²) in [4.78, 5) is 11.3. The van der Waals surface area contributed by atoms with E-state index in [1.165, 1.54) is 0 Å². The first-order valence-corrected chi connectivity index (χ1v) is 4.46. The van der Waals surface area contributed by atoms with Crippen LogP contribution in [0, 0.1) is 12.3 Å². The molecule has 0 aliphatic heterocycles. The van der Waals surface area contributed by atoms with E-state index in [0.29, 0.717) is 11.3 Å². The SMILES string of the molecule is C#CCC(=O)c1ccc(Br)cc1N. The minimum atomic E-state index is -0.118. The van der Waals surface area contributed by atoms with Gasteiger partial charge < -0.3 is 5.73 Å². The molecule has 13 heavy (non-hydrogen) atoms. The summed E-state index contributed by atoms with van der Waals surface area (Å²) in [5, 5.41) is 0. The smallest absolute Gasteiger partial charge is 0.176 e. The fourth-order valence-electron chi connectivity index (χ4n) is 0.975. The number of anilines is 1. The van der Waals surface area contributed by atoms with E-state index in [4.69, 9.17) is 12.2 Å². The summed E-state index contributed by atoms with van der Waals surface area (Å²) < 4.78 is 0.849. The Labute approximate surface area is 85.3 Å². The Morgan fingerprint density at radius 1 is 1.62 bits per heavy atom. The molecule has 0 saturated carbocycles. The summed E-state index contributed by atoms with van der Waals surface area (Å²) in [7, 11) is 0. The van der Waals surface area contributed by atoms with Crippen molar-refractivity contribution in [2.24, 2.45) is 0 Å². The third-order valence-electron chi connectivity index (χ3n) is 1.58. The third kappa shape index (κ3) is 2.33. The van der Waals surface area contributed by atoms with Crippen molar-refractivity contribution >= 4 is 27.4 Å². The van der Waals surface area contributed by atoms with Crippen molar-refractivity contribution in [3.63, 3.8) is 0 Å². The van der Waals surface area contributed by atoms with Gasteiger partial charge in [-0.05, 0) is 18.2 Å². The Bertz CT molecular complexity index is 379. The van der Waals surface area contributed by atoms with Crippen LogP contribution < -0.4 is 5.73 Å². The molecule has 0 fully saturated rings. The van der Waals surface area contributed by atoms with Crippen molar-refractivity contribution in [3.05, 3.63) is 28.2 Å². The Hall–Kier alpha value is -1.27. The van der Waals surface area contributed by atoms with Gasteiger partial charge in [0.2, 0.25) is 0 Å². The van der Waals surface area contributed by atoms with Gasteiger partial charge in [0, 0.05) is 15.7 Å². The van der Waals surface area contributed by atoms with Crippen LogP contribution in [0.4, 0.5) is 5.69 Å². The van der Waals surface area contributed by atoms with Gasteiger partial charge in [-0.1, -0.05) is 21.9 Å². The summed E-state index contributed by atoms with van der Waals surface area (Å²) >= 11 is 3.25. The normalized spacial score (nSPS) is 9.23. The Morgan fingerprint density at radius 2 is 2.31 bits per heavy atom. The Morgan fingerprint density at radius 3 is 2.85 bits per heavy atom. The molecule has 0 saturated heterocycles. The van der Waals surface area contributed by atoms with Crippen LogP contribution in [0.1, 0.15) is 16.8 Å². The van der Waals surface area contributed by atoms with Gasteiger partial charge in [0.25, 0.3) is 0 Å². The molecule has 0 atom stereocenters. The first kappa shape index (κ1) is 9.82. The number of carbonyl (C=O) groups excluding carboxylic acids is 1. The lowest BCUT2D eigenvalue weighted by Gasteiger charge is -2.02. The van der Waals surface area contributed by atoms with Crippen LogP contribution in [-0.2, 0) is 0 Å². The largest absolute Gasteiger partial charge is 0.398 e. The number of Topliss-reactive ketones (excluding diaryl/α,β-unsaturated/α-hetero) is 1. The molecule has 0 aliphatic carbocycles. The minimum Gasteiger partial charge on any atom is -0.398 e. The fourth-order valence-corrected chi connectivity index (χ4v) is 1.35. The second kappa shape index (κ2) is 4.11. The molecular weight excluding hydrogens is 230 g/mol. The van der Waals surface area contributed by atoms with E-state index in [0.717, 1.165) is 4.47 Å². The Balaban J connectivity index is 3.03. The molecule has 0 radical (unpaired) electrons. The number of halogens is 1. The highest BCUT2D eigenvalue weighted by Gasteiger charge is 2.07. The van der Waals surface area contributed by atoms with Crippen LogP contribution in [0.5, 0.6) is 0 Å². The summed E-state index contributed by atoms with van der Waals surface area (Å²) in [5.74, 6) is 2.17. The lowest BCUT2D eigenvalue weighted by molar-refractivity contribution is 0.0999. The van der Waals surface area contributed by atoms with Crippen molar-refractivity contribution in [3.8, 4) is 12.3 Å². The molecule has 0 aliphatic rings. The van der Waals surface area contributed by atoms with Crippen LogP contribution in [0.25, 0.3) is 0 Å². The highest BCUT2D eigenvalue weighted by atomic mass is 79.9. The zero-order chi connectivity index (χ0) is 9.84. The van der Waals surface area contributed by atoms with E-state index in [2.05, 4.69) is 21.9 Å². The van der Waals surface area contributed by atoms with Crippen LogP contribution in [0.3, 0.4) is 0 Å². The molecule has 1 rings (SSSR count). The van der Waals surface area contributed by atoms with Gasteiger partial charge in [-0.2, -0.15) is 0 Å². The number of nitrogens with two attached hydrogens (primary N) is 1. The maximum absolute atomic E-state index is 11.3. The third-order valence-corrected chi connectivity index (χ3v) is 2.07. The second-order valence-electron chi connectivity index (χ2n) is 2.54. The van der Waals surface area contributed by atoms with Crippen molar-refractivity contribution in [2.45, 2.75) is 6.42 Å². The van der Waals surface area contributed by atoms with Crippen LogP contribution in [0.15, 0.2) is 22.7 Å². The summed E-state index contributed by atoms with van der Waals surface area (Å²) in [6, 6.07) is 5.11. The maximum atomic E-state index is 11.3. The number of hydrogen-bond acceptors (Lipinski definition) is 2. The van der Waals surface area contributed by atoms with Gasteiger partial charge in [0.05, 0.1) is 6.42 Å². The molecule has 0 heterocycles. The highest BCUT2D eigenvalue weighted by Crippen LogP contribution is 2.19. The summed E-state index contributed by atoms with van der Waals surface area (Å²) in [6.07, 6.45) is 5.11. The zero-order valence-electron chi connectivity index (χ0n) is 6.88. The number of terminal acetylenes is 1. The molecule has 0 bridgehead atoms. The number of hydrogen-bond donors (Lipinski definition) is 1. The average Bonchev–Trinajstić information content (AvgIpc) is 2.04. The van der Waals surface area contributed by atoms with E-state index < -0.39 is 0 Å². The molecular formula is C10H8BrNO. The van der Waals surface area contributed by atoms with Gasteiger partial charge >= 0.3 is 0 Å². The monoisotopic (exact) mass is 237 g/mol. The predicted octanol–water partition coefficient (Wildman–Crippen LogP) is 2.24. The first-order valence-electron chi connectivity index (χ1n) is 3.67. The van der Waals surface area contributed by atoms with Gasteiger partial charge in [0.1, 0.15) is 0 Å². The van der Waals surface area contributed by atoms with Crippen molar-refractivity contribution in [1.82, 2.24) is 0 Å². The van der Waals surface area contributed by atoms with Gasteiger partial charge in [0.15, 0.2) is 5.78 Å². The van der Waals surface area contributed by atoms with E-state index in [9.17, 15) is 4.79 Å². The van der Waals surface area contributed by atoms with E-state index >= 15 is 0 Å². The van der Waals surface area contributed by atoms with Crippen molar-refractivity contribution < 1.29 is 4.79 Å². The standard InChI is InChI=1S/C10H8BrNO/c1-2-3-10(13)8-5-4-7(11)6-9(8)12/h1,4-6H,3,12H2. The molecule has 0 unspecified atom stereocenters. The number of carbonyl (C=O) groups is 1. The lowest BCUT2D eigenvalue weighted by Crippen LogP contribution is -2.02. The van der Waals surface area contributed by atoms with Crippen LogP contribution in [0.2, 0.25) is 0 Å². The molecule has 0 spiro atoms. The molecule has 3 heteroatoms. The van der Waals surface area contributed by atoms with E-state index in [-0.39, 0.29) is 12.2 Å². The Kier molecular flexibility index (Phi) is 3.10. The van der Waals surface area contributed by atoms with Crippen LogP contribution in [-0.4, -0.2) is 5.78 Å². The minimum absolute atomic E-state index is 0.0891. The summed E-state index contributed by atoms with van der Waals surface area (Å²) in [5.41, 5.74) is 6.57. The second-order valence-corrected chi connectivity index (χ2v) is 3.45.